The van der Waals surface area contributed by atoms with Crippen molar-refractivity contribution in [3.8, 4) is 5.75 Å². The van der Waals surface area contributed by atoms with E-state index in [4.69, 9.17) is 10.5 Å². The number of rotatable bonds is 7. The number of nitrogens with zero attached hydrogens (tertiary/aromatic N) is 5. The third-order valence-electron chi connectivity index (χ3n) is 4.00. The first-order chi connectivity index (χ1) is 11.8. The normalized spacial score (nSPS) is 12.3. The lowest BCUT2D eigenvalue weighted by atomic mass is 10.1. The van der Waals surface area contributed by atoms with Crippen molar-refractivity contribution < 1.29 is 4.74 Å². The zero-order valence-corrected chi connectivity index (χ0v) is 15.9. The molecule has 1 atom stereocenters. The molecular weight excluding hydrogens is 316 g/mol. The van der Waals surface area contributed by atoms with Gasteiger partial charge < -0.3 is 15.4 Å². The van der Waals surface area contributed by atoms with Crippen LogP contribution in [0.1, 0.15) is 29.9 Å². The highest BCUT2D eigenvalue weighted by atomic mass is 16.5. The fraction of sp³-hybridized carbons (Fsp3) is 0.500. The first kappa shape index (κ1) is 18.9. The van der Waals surface area contributed by atoms with Crippen LogP contribution in [0.25, 0.3) is 0 Å². The van der Waals surface area contributed by atoms with Crippen LogP contribution >= 0.6 is 0 Å². The zero-order chi connectivity index (χ0) is 18.6. The molecule has 25 heavy (non-hydrogen) atoms. The van der Waals surface area contributed by atoms with E-state index in [1.165, 1.54) is 11.1 Å². The van der Waals surface area contributed by atoms with Crippen molar-refractivity contribution in [3.63, 3.8) is 0 Å². The van der Waals surface area contributed by atoms with Gasteiger partial charge in [0, 0.05) is 20.6 Å². The van der Waals surface area contributed by atoms with Crippen LogP contribution in [-0.4, -0.2) is 54.1 Å². The van der Waals surface area contributed by atoms with Crippen molar-refractivity contribution in [2.45, 2.75) is 26.8 Å². The molecule has 7 heteroatoms. The lowest BCUT2D eigenvalue weighted by Crippen LogP contribution is -2.29. The van der Waals surface area contributed by atoms with Crippen molar-refractivity contribution in [1.82, 2.24) is 19.9 Å². The Hall–Kier alpha value is -2.41. The number of benzene rings is 1. The van der Waals surface area contributed by atoms with E-state index in [1.807, 2.05) is 45.1 Å². The Balaban J connectivity index is 1.97. The maximum atomic E-state index is 5.88. The number of nitrogens with two attached hydrogens (primary N) is 1. The Morgan fingerprint density at radius 1 is 1.04 bits per heavy atom. The fourth-order valence-corrected chi connectivity index (χ4v) is 2.50. The second-order valence-electron chi connectivity index (χ2n) is 6.57. The summed E-state index contributed by atoms with van der Waals surface area (Å²) in [4.78, 5) is 16.8. The number of likely N-dealkylation sites (N-methyl/N-ethyl adjacent to an activating group) is 1. The summed E-state index contributed by atoms with van der Waals surface area (Å²) in [5.74, 6) is 2.36. The van der Waals surface area contributed by atoms with Crippen LogP contribution in [0.2, 0.25) is 0 Å². The van der Waals surface area contributed by atoms with Gasteiger partial charge >= 0.3 is 0 Å². The number of ether oxygens (including phenoxy) is 1. The van der Waals surface area contributed by atoms with Gasteiger partial charge in [0.25, 0.3) is 0 Å². The summed E-state index contributed by atoms with van der Waals surface area (Å²) in [6.45, 7) is 7.52. The smallest absolute Gasteiger partial charge is 0.229 e. The molecule has 0 spiro atoms. The Kier molecular flexibility index (Phi) is 6.14. The molecule has 0 aliphatic rings. The van der Waals surface area contributed by atoms with E-state index in [9.17, 15) is 0 Å². The highest BCUT2D eigenvalue weighted by Crippen LogP contribution is 2.19. The number of nitrogen functional groups attached to an aromatic ring is 1. The van der Waals surface area contributed by atoms with Gasteiger partial charge in [0.2, 0.25) is 11.9 Å². The maximum Gasteiger partial charge on any atom is 0.229 e. The van der Waals surface area contributed by atoms with Gasteiger partial charge in [-0.3, -0.25) is 4.90 Å². The predicted octanol–water partition coefficient (Wildman–Crippen LogP) is 2.21. The quantitative estimate of drug-likeness (QED) is 0.825. The van der Waals surface area contributed by atoms with Crippen LogP contribution in [0.5, 0.6) is 5.75 Å². The molecule has 0 aliphatic heterocycles. The highest BCUT2D eigenvalue weighted by molar-refractivity contribution is 5.33. The molecule has 0 saturated heterocycles. The van der Waals surface area contributed by atoms with Gasteiger partial charge in [0.15, 0.2) is 5.82 Å². The van der Waals surface area contributed by atoms with Gasteiger partial charge in [-0.15, -0.1) is 0 Å². The molecule has 0 fully saturated rings. The third-order valence-corrected chi connectivity index (χ3v) is 4.00. The molecule has 1 aromatic heterocycles. The van der Waals surface area contributed by atoms with Gasteiger partial charge in [0.1, 0.15) is 12.4 Å². The molecule has 0 unspecified atom stereocenters. The first-order valence-electron chi connectivity index (χ1n) is 8.36. The first-order valence-corrected chi connectivity index (χ1v) is 8.36. The summed E-state index contributed by atoms with van der Waals surface area (Å²) < 4.78 is 5.88. The van der Waals surface area contributed by atoms with Crippen molar-refractivity contribution in [2.75, 3.05) is 44.9 Å². The van der Waals surface area contributed by atoms with Crippen LogP contribution in [0, 0.1) is 13.8 Å². The molecule has 2 N–H and O–H groups in total. The molecule has 0 aliphatic carbocycles. The average Bonchev–Trinajstić information content (AvgIpc) is 2.52. The minimum absolute atomic E-state index is 0.00634. The van der Waals surface area contributed by atoms with Crippen molar-refractivity contribution in [3.05, 3.63) is 35.2 Å². The van der Waals surface area contributed by atoms with Gasteiger partial charge in [-0.2, -0.15) is 15.0 Å². The predicted molar refractivity (Wildman–Crippen MR) is 101 cm³/mol. The number of hydrogen-bond donors (Lipinski definition) is 1. The molecule has 0 amide bonds. The molecule has 2 rings (SSSR count). The van der Waals surface area contributed by atoms with Crippen LogP contribution in [0.3, 0.4) is 0 Å². The Morgan fingerprint density at radius 2 is 1.68 bits per heavy atom. The monoisotopic (exact) mass is 344 g/mol. The standard InChI is InChI=1S/C18H28N6O/c1-12-9-13(2)11-15(10-12)25-8-7-24(6)14(3)16-20-17(19)22-18(21-16)23(4)5/h9-11,14H,7-8H2,1-6H3,(H2,19,20,21,22)/t14-/m0/s1. The van der Waals surface area contributed by atoms with E-state index in [-0.39, 0.29) is 12.0 Å². The summed E-state index contributed by atoms with van der Waals surface area (Å²) in [5, 5.41) is 0. The van der Waals surface area contributed by atoms with Gasteiger partial charge in [-0.05, 0) is 51.1 Å². The van der Waals surface area contributed by atoms with Crippen LogP contribution in [-0.2, 0) is 0 Å². The summed E-state index contributed by atoms with van der Waals surface area (Å²) >= 11 is 0. The average molecular weight is 344 g/mol. The Morgan fingerprint density at radius 3 is 2.28 bits per heavy atom. The van der Waals surface area contributed by atoms with E-state index >= 15 is 0 Å². The molecule has 2 aromatic rings. The number of hydrogen-bond acceptors (Lipinski definition) is 7. The van der Waals surface area contributed by atoms with Gasteiger partial charge in [-0.25, -0.2) is 0 Å². The van der Waals surface area contributed by atoms with Crippen LogP contribution < -0.4 is 15.4 Å². The van der Waals surface area contributed by atoms with E-state index in [0.29, 0.717) is 18.4 Å². The van der Waals surface area contributed by atoms with Crippen molar-refractivity contribution in [2.24, 2.45) is 0 Å². The molecule has 0 radical (unpaired) electrons. The van der Waals surface area contributed by atoms with Gasteiger partial charge in [-0.1, -0.05) is 6.07 Å². The highest BCUT2D eigenvalue weighted by Gasteiger charge is 2.17. The summed E-state index contributed by atoms with van der Waals surface area (Å²) in [5.41, 5.74) is 8.21. The zero-order valence-electron chi connectivity index (χ0n) is 15.9. The van der Waals surface area contributed by atoms with E-state index < -0.39 is 0 Å². The minimum atomic E-state index is 0.00634. The van der Waals surface area contributed by atoms with Gasteiger partial charge in [0.05, 0.1) is 6.04 Å². The minimum Gasteiger partial charge on any atom is -0.492 e. The molecule has 0 saturated carbocycles. The fourth-order valence-electron chi connectivity index (χ4n) is 2.50. The topological polar surface area (TPSA) is 80.4 Å². The van der Waals surface area contributed by atoms with Crippen LogP contribution in [0.15, 0.2) is 18.2 Å². The summed E-state index contributed by atoms with van der Waals surface area (Å²) in [6, 6.07) is 6.24. The number of aryl methyl sites for hydroxylation is 2. The molecule has 0 bridgehead atoms. The SMILES string of the molecule is Cc1cc(C)cc(OCCN(C)[C@@H](C)c2nc(N)nc(N(C)C)n2)c1. The van der Waals surface area contributed by atoms with Crippen molar-refractivity contribution >= 4 is 11.9 Å². The lowest BCUT2D eigenvalue weighted by molar-refractivity contribution is 0.196. The molecule has 136 valence electrons. The maximum absolute atomic E-state index is 5.88. The number of aromatic nitrogens is 3. The lowest BCUT2D eigenvalue weighted by Gasteiger charge is -2.24. The third kappa shape index (κ3) is 5.29. The largest absolute Gasteiger partial charge is 0.492 e. The second kappa shape index (κ2) is 8.11. The Labute approximate surface area is 149 Å². The van der Waals surface area contributed by atoms with E-state index in [1.54, 1.807) is 0 Å². The molecule has 1 aromatic carbocycles. The summed E-state index contributed by atoms with van der Waals surface area (Å²) in [7, 11) is 5.78. The van der Waals surface area contributed by atoms with E-state index in [0.717, 1.165) is 12.3 Å². The van der Waals surface area contributed by atoms with E-state index in [2.05, 4.69) is 39.8 Å². The van der Waals surface area contributed by atoms with Crippen molar-refractivity contribution in [1.29, 1.82) is 0 Å². The van der Waals surface area contributed by atoms with Crippen LogP contribution in [0.4, 0.5) is 11.9 Å². The molecular formula is C18H28N6O. The molecule has 7 nitrogen and oxygen atoms in total. The second-order valence-corrected chi connectivity index (χ2v) is 6.57. The number of anilines is 2. The molecule has 1 heterocycles. The summed E-state index contributed by atoms with van der Waals surface area (Å²) in [6.07, 6.45) is 0. The Bertz CT molecular complexity index is 698.